The molecule has 0 aliphatic heterocycles. The highest BCUT2D eigenvalue weighted by molar-refractivity contribution is 6.36. The van der Waals surface area contributed by atoms with E-state index in [1.165, 1.54) is 6.33 Å². The van der Waals surface area contributed by atoms with Gasteiger partial charge in [-0.25, -0.2) is 15.0 Å². The number of H-pyrrole nitrogens is 1. The van der Waals surface area contributed by atoms with Crippen molar-refractivity contribution in [2.75, 3.05) is 0 Å². The number of nitrogens with zero attached hydrogens (tertiary/aromatic N) is 3. The van der Waals surface area contributed by atoms with E-state index in [1.54, 1.807) is 24.5 Å². The van der Waals surface area contributed by atoms with Crippen LogP contribution in [0.15, 0.2) is 36.9 Å². The second-order valence-corrected chi connectivity index (χ2v) is 5.14. The average molecular weight is 305 g/mol. The highest BCUT2D eigenvalue weighted by Gasteiger charge is 2.13. The van der Waals surface area contributed by atoms with Crippen LogP contribution in [0, 0.1) is 6.92 Å². The molecule has 0 amide bonds. The lowest BCUT2D eigenvalue weighted by molar-refractivity contribution is 1.14. The first-order valence-electron chi connectivity index (χ1n) is 5.92. The van der Waals surface area contributed by atoms with E-state index in [-0.39, 0.29) is 0 Å². The molecule has 0 saturated carbocycles. The number of hydrogen-bond acceptors (Lipinski definition) is 3. The summed E-state index contributed by atoms with van der Waals surface area (Å²) in [5.74, 6) is 0.831. The molecule has 0 aliphatic rings. The largest absolute Gasteiger partial charge is 0.342 e. The van der Waals surface area contributed by atoms with Crippen molar-refractivity contribution in [1.82, 2.24) is 19.9 Å². The molecule has 0 saturated heterocycles. The van der Waals surface area contributed by atoms with Crippen LogP contribution in [-0.2, 0) is 0 Å². The molecule has 0 bridgehead atoms. The maximum Gasteiger partial charge on any atom is 0.116 e. The molecule has 100 valence electrons. The van der Waals surface area contributed by atoms with Crippen LogP contribution in [0.1, 0.15) is 5.82 Å². The molecule has 2 heterocycles. The summed E-state index contributed by atoms with van der Waals surface area (Å²) in [6, 6.07) is 5.33. The minimum absolute atomic E-state index is 0.550. The summed E-state index contributed by atoms with van der Waals surface area (Å²) in [7, 11) is 0. The van der Waals surface area contributed by atoms with Crippen LogP contribution in [-0.4, -0.2) is 19.9 Å². The van der Waals surface area contributed by atoms with E-state index in [1.807, 2.05) is 13.0 Å². The van der Waals surface area contributed by atoms with Gasteiger partial charge in [-0.05, 0) is 25.1 Å². The maximum absolute atomic E-state index is 6.26. The fourth-order valence-electron chi connectivity index (χ4n) is 1.98. The Morgan fingerprint density at radius 1 is 1.05 bits per heavy atom. The van der Waals surface area contributed by atoms with Crippen molar-refractivity contribution in [2.24, 2.45) is 0 Å². The van der Waals surface area contributed by atoms with Gasteiger partial charge in [0.25, 0.3) is 0 Å². The predicted molar refractivity (Wildman–Crippen MR) is 79.8 cm³/mol. The molecule has 6 heteroatoms. The van der Waals surface area contributed by atoms with Crippen molar-refractivity contribution in [3.05, 3.63) is 52.8 Å². The standard InChI is InChI=1S/C14H10Cl2N4/c1-8-18-6-13(20-8)11-5-17-7-19-14(11)10-3-2-9(15)4-12(10)16/h2-7H,1H3,(H,18,20). The molecule has 0 fully saturated rings. The fourth-order valence-corrected chi connectivity index (χ4v) is 2.48. The first-order chi connectivity index (χ1) is 9.65. The highest BCUT2D eigenvalue weighted by atomic mass is 35.5. The zero-order chi connectivity index (χ0) is 14.1. The molecule has 2 aromatic heterocycles. The Balaban J connectivity index is 2.19. The van der Waals surface area contributed by atoms with Crippen LogP contribution >= 0.6 is 23.2 Å². The van der Waals surface area contributed by atoms with Crippen molar-refractivity contribution >= 4 is 23.2 Å². The van der Waals surface area contributed by atoms with Gasteiger partial charge in [-0.15, -0.1) is 0 Å². The van der Waals surface area contributed by atoms with Crippen LogP contribution < -0.4 is 0 Å². The third-order valence-electron chi connectivity index (χ3n) is 2.89. The second kappa shape index (κ2) is 5.23. The van der Waals surface area contributed by atoms with Gasteiger partial charge < -0.3 is 4.98 Å². The van der Waals surface area contributed by atoms with Gasteiger partial charge in [0.05, 0.1) is 22.6 Å². The summed E-state index contributed by atoms with van der Waals surface area (Å²) in [5.41, 5.74) is 3.24. The molecule has 0 radical (unpaired) electrons. The summed E-state index contributed by atoms with van der Waals surface area (Å²) in [4.78, 5) is 15.8. The van der Waals surface area contributed by atoms with Crippen molar-refractivity contribution < 1.29 is 0 Å². The lowest BCUT2D eigenvalue weighted by Gasteiger charge is -2.08. The molecule has 0 atom stereocenters. The van der Waals surface area contributed by atoms with Crippen molar-refractivity contribution in [1.29, 1.82) is 0 Å². The topological polar surface area (TPSA) is 54.5 Å². The molecule has 0 unspecified atom stereocenters. The molecule has 1 aromatic carbocycles. The predicted octanol–water partition coefficient (Wildman–Crippen LogP) is 4.15. The highest BCUT2D eigenvalue weighted by Crippen LogP contribution is 2.34. The quantitative estimate of drug-likeness (QED) is 0.774. The molecule has 0 spiro atoms. The summed E-state index contributed by atoms with van der Waals surface area (Å²) < 4.78 is 0. The molecule has 4 nitrogen and oxygen atoms in total. The van der Waals surface area contributed by atoms with Gasteiger partial charge in [-0.1, -0.05) is 23.2 Å². The molecule has 3 rings (SSSR count). The van der Waals surface area contributed by atoms with Crippen molar-refractivity contribution in [2.45, 2.75) is 6.92 Å². The Bertz CT molecular complexity index is 767. The molecule has 20 heavy (non-hydrogen) atoms. The van der Waals surface area contributed by atoms with Crippen molar-refractivity contribution in [3.8, 4) is 22.5 Å². The molecule has 3 aromatic rings. The summed E-state index contributed by atoms with van der Waals surface area (Å²) >= 11 is 12.2. The second-order valence-electron chi connectivity index (χ2n) is 4.29. The van der Waals surface area contributed by atoms with E-state index >= 15 is 0 Å². The minimum atomic E-state index is 0.550. The Kier molecular flexibility index (Phi) is 3.42. The Labute approximate surface area is 125 Å². The van der Waals surface area contributed by atoms with Gasteiger partial charge in [0, 0.05) is 22.3 Å². The number of hydrogen-bond donors (Lipinski definition) is 1. The first kappa shape index (κ1) is 13.1. The van der Waals surface area contributed by atoms with E-state index in [0.29, 0.717) is 10.0 Å². The van der Waals surface area contributed by atoms with Crippen LogP contribution in [0.2, 0.25) is 10.0 Å². The van der Waals surface area contributed by atoms with Gasteiger partial charge in [0.15, 0.2) is 0 Å². The van der Waals surface area contributed by atoms with Gasteiger partial charge in [0.1, 0.15) is 12.2 Å². The van der Waals surface area contributed by atoms with E-state index in [0.717, 1.165) is 28.3 Å². The number of aromatic amines is 1. The maximum atomic E-state index is 6.26. The molecular weight excluding hydrogens is 295 g/mol. The smallest absolute Gasteiger partial charge is 0.116 e. The van der Waals surface area contributed by atoms with E-state index in [9.17, 15) is 0 Å². The van der Waals surface area contributed by atoms with E-state index in [2.05, 4.69) is 19.9 Å². The summed E-state index contributed by atoms with van der Waals surface area (Å²) in [5, 5.41) is 1.14. The van der Waals surface area contributed by atoms with Gasteiger partial charge in [-0.3, -0.25) is 0 Å². The van der Waals surface area contributed by atoms with Crippen LogP contribution in [0.4, 0.5) is 0 Å². The lowest BCUT2D eigenvalue weighted by atomic mass is 10.1. The minimum Gasteiger partial charge on any atom is -0.342 e. The van der Waals surface area contributed by atoms with Gasteiger partial charge in [-0.2, -0.15) is 0 Å². The van der Waals surface area contributed by atoms with Crippen LogP contribution in [0.5, 0.6) is 0 Å². The number of aryl methyl sites for hydroxylation is 1. The molecule has 1 N–H and O–H groups in total. The zero-order valence-electron chi connectivity index (χ0n) is 10.6. The number of halogens is 2. The number of nitrogens with one attached hydrogen (secondary N) is 1. The number of aromatic nitrogens is 4. The number of rotatable bonds is 2. The molecular formula is C14H10Cl2N4. The lowest BCUT2D eigenvalue weighted by Crippen LogP contribution is -1.92. The van der Waals surface area contributed by atoms with E-state index < -0.39 is 0 Å². The Morgan fingerprint density at radius 2 is 1.90 bits per heavy atom. The van der Waals surface area contributed by atoms with E-state index in [4.69, 9.17) is 23.2 Å². The summed E-state index contributed by atoms with van der Waals surface area (Å²) in [6.45, 7) is 1.89. The average Bonchev–Trinajstić information content (AvgIpc) is 2.85. The monoisotopic (exact) mass is 304 g/mol. The van der Waals surface area contributed by atoms with Crippen LogP contribution in [0.25, 0.3) is 22.5 Å². The van der Waals surface area contributed by atoms with Gasteiger partial charge >= 0.3 is 0 Å². The number of imidazole rings is 1. The third-order valence-corrected chi connectivity index (χ3v) is 3.44. The number of benzene rings is 1. The normalized spacial score (nSPS) is 10.8. The Morgan fingerprint density at radius 3 is 2.60 bits per heavy atom. The van der Waals surface area contributed by atoms with Crippen molar-refractivity contribution in [3.63, 3.8) is 0 Å². The van der Waals surface area contributed by atoms with Gasteiger partial charge in [0.2, 0.25) is 0 Å². The fraction of sp³-hybridized carbons (Fsp3) is 0.0714. The Hall–Kier alpha value is -1.91. The first-order valence-corrected chi connectivity index (χ1v) is 6.68. The molecule has 0 aliphatic carbocycles. The zero-order valence-corrected chi connectivity index (χ0v) is 12.1. The summed E-state index contributed by atoms with van der Waals surface area (Å²) in [6.07, 6.45) is 4.98. The van der Waals surface area contributed by atoms with Crippen LogP contribution in [0.3, 0.4) is 0 Å². The SMILES string of the molecule is Cc1ncc(-c2cncnc2-c2ccc(Cl)cc2Cl)[nH]1. The third kappa shape index (κ3) is 2.40.